The Bertz CT molecular complexity index is 1230. The monoisotopic (exact) mass is 416 g/mol. The van der Waals surface area contributed by atoms with E-state index in [2.05, 4.69) is 10.3 Å². The molecule has 8 heteroatoms. The fourth-order valence-corrected chi connectivity index (χ4v) is 2.95. The first kappa shape index (κ1) is 20.1. The van der Waals surface area contributed by atoms with E-state index in [4.69, 9.17) is 14.9 Å². The summed E-state index contributed by atoms with van der Waals surface area (Å²) in [4.78, 5) is 28.8. The minimum absolute atomic E-state index is 0.137. The minimum Gasteiger partial charge on any atom is -0.410 e. The molecule has 8 nitrogen and oxygen atoms in total. The van der Waals surface area contributed by atoms with E-state index in [1.54, 1.807) is 60.9 Å². The van der Waals surface area contributed by atoms with Gasteiger partial charge in [0.2, 0.25) is 0 Å². The van der Waals surface area contributed by atoms with Crippen LogP contribution < -0.4 is 16.8 Å². The van der Waals surface area contributed by atoms with Gasteiger partial charge in [-0.3, -0.25) is 9.78 Å². The first-order chi connectivity index (χ1) is 15.1. The Morgan fingerprint density at radius 3 is 2.55 bits per heavy atom. The van der Waals surface area contributed by atoms with Crippen molar-refractivity contribution in [2.45, 2.75) is 13.2 Å². The fourth-order valence-electron chi connectivity index (χ4n) is 2.95. The third-order valence-corrected chi connectivity index (χ3v) is 4.53. The van der Waals surface area contributed by atoms with Crippen molar-refractivity contribution in [3.05, 3.63) is 107 Å². The normalized spacial score (nSPS) is 10.7. The van der Waals surface area contributed by atoms with Gasteiger partial charge in [-0.1, -0.05) is 18.2 Å². The van der Waals surface area contributed by atoms with Gasteiger partial charge in [-0.2, -0.15) is 0 Å². The largest absolute Gasteiger partial charge is 0.423 e. The van der Waals surface area contributed by atoms with E-state index in [1.807, 2.05) is 18.2 Å². The van der Waals surface area contributed by atoms with Crippen LogP contribution in [0.4, 0.5) is 11.4 Å². The highest BCUT2D eigenvalue weighted by atomic mass is 16.5. The molecule has 0 bridgehead atoms. The molecule has 0 saturated carbocycles. The van der Waals surface area contributed by atoms with Gasteiger partial charge in [0.1, 0.15) is 6.61 Å². The summed E-state index contributed by atoms with van der Waals surface area (Å²) in [6.07, 6.45) is 3.26. The number of para-hydroxylation sites is 2. The summed E-state index contributed by atoms with van der Waals surface area (Å²) in [5.74, 6) is -0.444. The molecule has 1 amide bonds. The van der Waals surface area contributed by atoms with Gasteiger partial charge in [0, 0.05) is 11.8 Å². The van der Waals surface area contributed by atoms with Crippen molar-refractivity contribution in [1.82, 2.24) is 9.55 Å². The molecular formula is C23H20N4O4. The van der Waals surface area contributed by atoms with Gasteiger partial charge in [-0.05, 0) is 48.5 Å². The molecule has 3 N–H and O–H groups in total. The highest BCUT2D eigenvalue weighted by Gasteiger charge is 2.11. The lowest BCUT2D eigenvalue weighted by Crippen LogP contribution is -2.14. The number of hydrogen-bond donors (Lipinski definition) is 2. The van der Waals surface area contributed by atoms with Gasteiger partial charge < -0.3 is 20.2 Å². The molecule has 0 radical (unpaired) electrons. The number of amides is 1. The molecule has 4 rings (SSSR count). The maximum absolute atomic E-state index is 12.4. The van der Waals surface area contributed by atoms with Crippen molar-refractivity contribution in [2.24, 2.45) is 0 Å². The van der Waals surface area contributed by atoms with Crippen LogP contribution in [0.15, 0.2) is 88.3 Å². The van der Waals surface area contributed by atoms with E-state index in [-0.39, 0.29) is 12.5 Å². The van der Waals surface area contributed by atoms with Crippen LogP contribution in [0.3, 0.4) is 0 Å². The first-order valence-corrected chi connectivity index (χ1v) is 9.55. The van der Waals surface area contributed by atoms with Gasteiger partial charge in [-0.15, -0.1) is 0 Å². The van der Waals surface area contributed by atoms with Gasteiger partial charge in [0.15, 0.2) is 5.76 Å². The average Bonchev–Trinajstić information content (AvgIpc) is 3.16. The van der Waals surface area contributed by atoms with Crippen molar-refractivity contribution < 1.29 is 13.9 Å². The highest BCUT2D eigenvalue weighted by Crippen LogP contribution is 2.18. The van der Waals surface area contributed by atoms with Crippen LogP contribution >= 0.6 is 0 Å². The van der Waals surface area contributed by atoms with Crippen molar-refractivity contribution in [3.8, 4) is 5.69 Å². The minimum atomic E-state index is -0.536. The number of ether oxygens (including phenoxy) is 1. The average molecular weight is 416 g/mol. The molecule has 0 atom stereocenters. The second-order valence-electron chi connectivity index (χ2n) is 6.74. The Labute approximate surface area is 177 Å². The molecular weight excluding hydrogens is 396 g/mol. The van der Waals surface area contributed by atoms with Crippen molar-refractivity contribution in [3.63, 3.8) is 0 Å². The van der Waals surface area contributed by atoms with E-state index in [1.165, 1.54) is 4.57 Å². The molecule has 31 heavy (non-hydrogen) atoms. The predicted molar refractivity (Wildman–Crippen MR) is 116 cm³/mol. The number of hydrogen-bond acceptors (Lipinski definition) is 6. The Morgan fingerprint density at radius 2 is 1.81 bits per heavy atom. The van der Waals surface area contributed by atoms with Crippen LogP contribution in [0.25, 0.3) is 5.69 Å². The Morgan fingerprint density at radius 1 is 1.03 bits per heavy atom. The summed E-state index contributed by atoms with van der Waals surface area (Å²) in [6.45, 7) is 0.448. The number of pyridine rings is 1. The lowest BCUT2D eigenvalue weighted by molar-refractivity contribution is 0.0897. The maximum atomic E-state index is 12.4. The van der Waals surface area contributed by atoms with Crippen molar-refractivity contribution in [1.29, 1.82) is 0 Å². The van der Waals surface area contributed by atoms with Crippen LogP contribution in [-0.2, 0) is 18.0 Å². The summed E-state index contributed by atoms with van der Waals surface area (Å²) in [5, 5.41) is 2.77. The number of benzene rings is 2. The summed E-state index contributed by atoms with van der Waals surface area (Å²) in [5.41, 5.74) is 8.67. The molecule has 0 aliphatic carbocycles. The first-order valence-electron chi connectivity index (χ1n) is 9.55. The van der Waals surface area contributed by atoms with E-state index < -0.39 is 5.76 Å². The van der Waals surface area contributed by atoms with Crippen LogP contribution in [0.1, 0.15) is 21.8 Å². The Balaban J connectivity index is 1.41. The number of rotatable bonds is 7. The number of nitrogen functional groups attached to an aromatic ring is 1. The molecule has 156 valence electrons. The molecule has 4 aromatic rings. The molecule has 0 fully saturated rings. The standard InChI is InChI=1S/C23H20N4O4/c24-20-6-1-2-7-21(20)26-22(28)16-8-10-18(11-9-16)27-13-19(31-23(27)29)15-30-14-17-5-3-4-12-25-17/h1-13H,14-15,24H2,(H,26,28). The second kappa shape index (κ2) is 9.10. The van der Waals surface area contributed by atoms with Gasteiger partial charge in [0.05, 0.1) is 35.6 Å². The van der Waals surface area contributed by atoms with Gasteiger partial charge in [0.25, 0.3) is 5.91 Å². The highest BCUT2D eigenvalue weighted by molar-refractivity contribution is 6.05. The maximum Gasteiger partial charge on any atom is 0.423 e. The lowest BCUT2D eigenvalue weighted by Gasteiger charge is -2.08. The molecule has 0 unspecified atom stereocenters. The topological polar surface area (TPSA) is 112 Å². The smallest absolute Gasteiger partial charge is 0.410 e. The Hall–Kier alpha value is -4.17. The third kappa shape index (κ3) is 4.88. The summed E-state index contributed by atoms with van der Waals surface area (Å²) < 4.78 is 12.2. The number of oxazole rings is 1. The van der Waals surface area contributed by atoms with Crippen LogP contribution in [-0.4, -0.2) is 15.5 Å². The number of nitrogens with one attached hydrogen (secondary N) is 1. The van der Waals surface area contributed by atoms with E-state index >= 15 is 0 Å². The van der Waals surface area contributed by atoms with Gasteiger partial charge in [-0.25, -0.2) is 9.36 Å². The SMILES string of the molecule is Nc1ccccc1NC(=O)c1ccc(-n2cc(COCc3ccccn3)oc2=O)cc1. The number of aromatic nitrogens is 2. The summed E-state index contributed by atoms with van der Waals surface area (Å²) in [6, 6.07) is 19.2. The quantitative estimate of drug-likeness (QED) is 0.447. The zero-order chi connectivity index (χ0) is 21.6. The zero-order valence-electron chi connectivity index (χ0n) is 16.5. The molecule has 0 saturated heterocycles. The van der Waals surface area contributed by atoms with Crippen LogP contribution in [0, 0.1) is 0 Å². The van der Waals surface area contributed by atoms with Crippen molar-refractivity contribution >= 4 is 17.3 Å². The number of nitrogens with two attached hydrogens (primary N) is 1. The third-order valence-electron chi connectivity index (χ3n) is 4.53. The molecule has 2 heterocycles. The molecule has 0 spiro atoms. The summed E-state index contributed by atoms with van der Waals surface area (Å²) >= 11 is 0. The van der Waals surface area contributed by atoms with E-state index in [0.717, 1.165) is 5.69 Å². The second-order valence-corrected chi connectivity index (χ2v) is 6.74. The van der Waals surface area contributed by atoms with E-state index in [9.17, 15) is 9.59 Å². The van der Waals surface area contributed by atoms with Crippen LogP contribution in [0.5, 0.6) is 0 Å². The van der Waals surface area contributed by atoms with Crippen molar-refractivity contribution in [2.75, 3.05) is 11.1 Å². The molecule has 2 aromatic carbocycles. The number of carbonyl (C=O) groups is 1. The lowest BCUT2D eigenvalue weighted by atomic mass is 10.2. The summed E-state index contributed by atoms with van der Waals surface area (Å²) in [7, 11) is 0. The fraction of sp³-hybridized carbons (Fsp3) is 0.0870. The Kier molecular flexibility index (Phi) is 5.91. The molecule has 0 aliphatic heterocycles. The number of nitrogens with zero attached hydrogens (tertiary/aromatic N) is 2. The van der Waals surface area contributed by atoms with E-state index in [0.29, 0.717) is 35.0 Å². The number of anilines is 2. The number of carbonyl (C=O) groups excluding carboxylic acids is 1. The zero-order valence-corrected chi connectivity index (χ0v) is 16.5. The molecule has 0 aliphatic rings. The predicted octanol–water partition coefficient (Wildman–Crippen LogP) is 3.38. The van der Waals surface area contributed by atoms with Crippen LogP contribution in [0.2, 0.25) is 0 Å². The molecule has 2 aromatic heterocycles. The van der Waals surface area contributed by atoms with Gasteiger partial charge >= 0.3 is 5.76 Å².